The second kappa shape index (κ2) is 7.20. The summed E-state index contributed by atoms with van der Waals surface area (Å²) in [5, 5.41) is 12.1. The number of benzene rings is 2. The molecule has 0 spiro atoms. The number of hydrazone groups is 1. The van der Waals surface area contributed by atoms with Crippen molar-refractivity contribution in [3.05, 3.63) is 76.0 Å². The van der Waals surface area contributed by atoms with E-state index in [-0.39, 0.29) is 5.91 Å². The molecule has 2 aromatic carbocycles. The van der Waals surface area contributed by atoms with Crippen LogP contribution >= 0.6 is 15.9 Å². The molecule has 0 unspecified atom stereocenters. The number of hydrogen-bond donors (Lipinski definition) is 3. The molecule has 0 radical (unpaired) electrons. The Balaban J connectivity index is 1.49. The molecule has 0 aliphatic carbocycles. The number of amides is 1. The van der Waals surface area contributed by atoms with Gasteiger partial charge in [0, 0.05) is 32.2 Å². The molecule has 4 rings (SSSR count). The zero-order chi connectivity index (χ0) is 18.8. The zero-order valence-electron chi connectivity index (χ0n) is 14.5. The van der Waals surface area contributed by atoms with E-state index in [1.54, 1.807) is 12.3 Å². The van der Waals surface area contributed by atoms with Crippen LogP contribution in [0.3, 0.4) is 0 Å². The van der Waals surface area contributed by atoms with Crippen LogP contribution in [-0.2, 0) is 0 Å². The van der Waals surface area contributed by atoms with Gasteiger partial charge in [0.25, 0.3) is 5.91 Å². The minimum Gasteiger partial charge on any atom is -0.358 e. The molecular formula is C20H16BrN5O. The van der Waals surface area contributed by atoms with Crippen molar-refractivity contribution in [3.8, 4) is 11.3 Å². The molecule has 0 aliphatic rings. The maximum Gasteiger partial charge on any atom is 0.289 e. The van der Waals surface area contributed by atoms with Crippen LogP contribution in [0, 0.1) is 6.92 Å². The molecule has 6 nitrogen and oxygen atoms in total. The van der Waals surface area contributed by atoms with E-state index < -0.39 is 0 Å². The van der Waals surface area contributed by atoms with Crippen LogP contribution in [0.1, 0.15) is 21.7 Å². The van der Waals surface area contributed by atoms with Crippen LogP contribution < -0.4 is 5.43 Å². The number of aryl methyl sites for hydroxylation is 1. The molecule has 3 N–H and O–H groups in total. The third kappa shape index (κ3) is 3.54. The highest BCUT2D eigenvalue weighted by atomic mass is 79.9. The monoisotopic (exact) mass is 421 g/mol. The summed E-state index contributed by atoms with van der Waals surface area (Å²) in [5.74, 6) is -0.348. The number of nitrogens with zero attached hydrogens (tertiary/aromatic N) is 2. The Hall–Kier alpha value is -3.19. The predicted molar refractivity (Wildman–Crippen MR) is 110 cm³/mol. The second-order valence-electron chi connectivity index (χ2n) is 6.08. The second-order valence-corrected chi connectivity index (χ2v) is 7.00. The molecule has 2 aromatic heterocycles. The first-order valence-electron chi connectivity index (χ1n) is 8.34. The zero-order valence-corrected chi connectivity index (χ0v) is 16.0. The highest BCUT2D eigenvalue weighted by molar-refractivity contribution is 9.10. The number of H-pyrrole nitrogens is 2. The fourth-order valence-electron chi connectivity index (χ4n) is 2.89. The Morgan fingerprint density at radius 3 is 2.78 bits per heavy atom. The average molecular weight is 422 g/mol. The third-order valence-corrected chi connectivity index (χ3v) is 4.79. The van der Waals surface area contributed by atoms with Crippen LogP contribution in [0.25, 0.3) is 22.2 Å². The van der Waals surface area contributed by atoms with Gasteiger partial charge < -0.3 is 4.98 Å². The van der Waals surface area contributed by atoms with Crippen molar-refractivity contribution in [2.45, 2.75) is 6.92 Å². The SMILES string of the molecule is Cc1[nH]c2ccccc2c1/C=N/NC(=O)c1cc(-c2ccc(Br)cc2)n[nH]1. The maximum absolute atomic E-state index is 12.3. The quantitative estimate of drug-likeness (QED) is 0.337. The lowest BCUT2D eigenvalue weighted by atomic mass is 10.1. The van der Waals surface area contributed by atoms with Crippen molar-refractivity contribution in [2.24, 2.45) is 5.10 Å². The van der Waals surface area contributed by atoms with Crippen molar-refractivity contribution in [1.29, 1.82) is 0 Å². The summed E-state index contributed by atoms with van der Waals surface area (Å²) in [6.07, 6.45) is 1.65. The van der Waals surface area contributed by atoms with Crippen LogP contribution in [0.4, 0.5) is 0 Å². The Bertz CT molecular complexity index is 1140. The third-order valence-electron chi connectivity index (χ3n) is 4.27. The first kappa shape index (κ1) is 17.2. The van der Waals surface area contributed by atoms with E-state index in [9.17, 15) is 4.79 Å². The van der Waals surface area contributed by atoms with Crippen LogP contribution in [0.2, 0.25) is 0 Å². The molecule has 1 amide bonds. The number of para-hydroxylation sites is 1. The number of fused-ring (bicyclic) bond motifs is 1. The standard InChI is InChI=1S/C20H16BrN5O/c1-12-16(15-4-2-3-5-17(15)23-12)11-22-26-20(27)19-10-18(24-25-19)13-6-8-14(21)9-7-13/h2-11,23H,1H3,(H,24,25)(H,26,27)/b22-11+. The van der Waals surface area contributed by atoms with E-state index in [1.165, 1.54) is 0 Å². The summed E-state index contributed by atoms with van der Waals surface area (Å²) in [6.45, 7) is 1.97. The summed E-state index contributed by atoms with van der Waals surface area (Å²) < 4.78 is 0.988. The number of nitrogens with one attached hydrogen (secondary N) is 3. The fraction of sp³-hybridized carbons (Fsp3) is 0.0500. The van der Waals surface area contributed by atoms with Crippen molar-refractivity contribution in [1.82, 2.24) is 20.6 Å². The number of carbonyl (C=O) groups excluding carboxylic acids is 1. The van der Waals surface area contributed by atoms with E-state index in [1.807, 2.05) is 55.5 Å². The molecule has 0 atom stereocenters. The van der Waals surface area contributed by atoms with Gasteiger partial charge in [-0.3, -0.25) is 9.89 Å². The summed E-state index contributed by atoms with van der Waals surface area (Å²) in [6, 6.07) is 17.4. The van der Waals surface area contributed by atoms with Crippen molar-refractivity contribution in [3.63, 3.8) is 0 Å². The molecule has 134 valence electrons. The largest absolute Gasteiger partial charge is 0.358 e. The normalized spacial score (nSPS) is 11.3. The minimum atomic E-state index is -0.348. The van der Waals surface area contributed by atoms with E-state index >= 15 is 0 Å². The van der Waals surface area contributed by atoms with Gasteiger partial charge in [-0.1, -0.05) is 46.3 Å². The number of hydrogen-bond acceptors (Lipinski definition) is 3. The Morgan fingerprint density at radius 1 is 1.19 bits per heavy atom. The van der Waals surface area contributed by atoms with Gasteiger partial charge in [-0.15, -0.1) is 0 Å². The summed E-state index contributed by atoms with van der Waals surface area (Å²) in [7, 11) is 0. The van der Waals surface area contributed by atoms with E-state index in [0.717, 1.165) is 32.2 Å². The Kier molecular flexibility index (Phi) is 4.60. The van der Waals surface area contributed by atoms with Gasteiger partial charge in [-0.25, -0.2) is 5.43 Å². The summed E-state index contributed by atoms with van der Waals surface area (Å²) in [5.41, 5.74) is 7.49. The average Bonchev–Trinajstić information content (AvgIpc) is 3.27. The molecule has 0 saturated heterocycles. The Labute approximate surface area is 163 Å². The molecule has 7 heteroatoms. The van der Waals surface area contributed by atoms with Crippen LogP contribution in [0.15, 0.2) is 64.2 Å². The topological polar surface area (TPSA) is 85.9 Å². The first-order valence-corrected chi connectivity index (χ1v) is 9.13. The number of carbonyl (C=O) groups is 1. The number of rotatable bonds is 4. The maximum atomic E-state index is 12.3. The number of aromatic amines is 2. The molecule has 4 aromatic rings. The van der Waals surface area contributed by atoms with Gasteiger partial charge in [-0.05, 0) is 31.2 Å². The van der Waals surface area contributed by atoms with Crippen LogP contribution in [-0.4, -0.2) is 27.3 Å². The van der Waals surface area contributed by atoms with Gasteiger partial charge in [-0.2, -0.15) is 10.2 Å². The van der Waals surface area contributed by atoms with Gasteiger partial charge in [0.2, 0.25) is 0 Å². The highest BCUT2D eigenvalue weighted by Crippen LogP contribution is 2.21. The van der Waals surface area contributed by atoms with E-state index in [2.05, 4.69) is 41.6 Å². The van der Waals surface area contributed by atoms with Crippen molar-refractivity contribution in [2.75, 3.05) is 0 Å². The lowest BCUT2D eigenvalue weighted by molar-refractivity contribution is 0.0950. The highest BCUT2D eigenvalue weighted by Gasteiger charge is 2.11. The predicted octanol–water partition coefficient (Wildman–Crippen LogP) is 4.39. The van der Waals surface area contributed by atoms with Crippen molar-refractivity contribution >= 4 is 39.0 Å². The lowest BCUT2D eigenvalue weighted by Crippen LogP contribution is -2.18. The van der Waals surface area contributed by atoms with Gasteiger partial charge in [0.15, 0.2) is 0 Å². The number of aromatic nitrogens is 3. The Morgan fingerprint density at radius 2 is 1.96 bits per heavy atom. The first-order chi connectivity index (χ1) is 13.1. The fourth-order valence-corrected chi connectivity index (χ4v) is 3.15. The van der Waals surface area contributed by atoms with Gasteiger partial charge >= 0.3 is 0 Å². The number of halogens is 1. The summed E-state index contributed by atoms with van der Waals surface area (Å²) in [4.78, 5) is 15.6. The van der Waals surface area contributed by atoms with E-state index in [4.69, 9.17) is 0 Å². The molecule has 0 aliphatic heterocycles. The smallest absolute Gasteiger partial charge is 0.289 e. The van der Waals surface area contributed by atoms with Gasteiger partial charge in [0.05, 0.1) is 11.9 Å². The van der Waals surface area contributed by atoms with E-state index in [0.29, 0.717) is 11.4 Å². The molecular weight excluding hydrogens is 406 g/mol. The lowest BCUT2D eigenvalue weighted by Gasteiger charge is -1.97. The summed E-state index contributed by atoms with van der Waals surface area (Å²) >= 11 is 3.40. The molecule has 0 saturated carbocycles. The van der Waals surface area contributed by atoms with Crippen molar-refractivity contribution < 1.29 is 4.79 Å². The molecule has 27 heavy (non-hydrogen) atoms. The minimum absolute atomic E-state index is 0.348. The molecule has 0 fully saturated rings. The molecule has 0 bridgehead atoms. The van der Waals surface area contributed by atoms with Gasteiger partial charge in [0.1, 0.15) is 5.69 Å². The molecule has 2 heterocycles. The van der Waals surface area contributed by atoms with Crippen LogP contribution in [0.5, 0.6) is 0 Å².